The highest BCUT2D eigenvalue weighted by Crippen LogP contribution is 2.25. The molecule has 1 unspecified atom stereocenters. The molecule has 1 N–H and O–H groups in total. The average molecular weight is 555 g/mol. The second-order valence-corrected chi connectivity index (χ2v) is 7.80. The summed E-state index contributed by atoms with van der Waals surface area (Å²) < 4.78 is 44.3. The summed E-state index contributed by atoms with van der Waals surface area (Å²) in [6.45, 7) is 7.94. The summed E-state index contributed by atoms with van der Waals surface area (Å²) in [5.41, 5.74) is 2.47. The summed E-state index contributed by atoms with van der Waals surface area (Å²) in [5.74, 6) is 0.732. The van der Waals surface area contributed by atoms with Crippen LogP contribution in [-0.2, 0) is 17.8 Å². The fourth-order valence-corrected chi connectivity index (χ4v) is 3.92. The van der Waals surface area contributed by atoms with Gasteiger partial charge in [0.1, 0.15) is 6.04 Å². The number of guanidine groups is 1. The molecule has 10 heteroatoms. The molecule has 0 bridgehead atoms. The van der Waals surface area contributed by atoms with Gasteiger partial charge >= 0.3 is 6.18 Å². The lowest BCUT2D eigenvalue weighted by molar-refractivity contribution is -0.181. The highest BCUT2D eigenvalue weighted by atomic mass is 127. The molecule has 1 aromatic rings. The van der Waals surface area contributed by atoms with Gasteiger partial charge in [-0.15, -0.1) is 24.0 Å². The molecule has 176 valence electrons. The van der Waals surface area contributed by atoms with Gasteiger partial charge in [-0.3, -0.25) is 14.8 Å². The number of nitrogens with one attached hydrogen (secondary N) is 1. The van der Waals surface area contributed by atoms with Crippen molar-refractivity contribution in [1.29, 1.82) is 0 Å². The van der Waals surface area contributed by atoms with Gasteiger partial charge in [-0.05, 0) is 18.1 Å². The summed E-state index contributed by atoms with van der Waals surface area (Å²) in [6, 6.07) is 6.92. The van der Waals surface area contributed by atoms with Crippen molar-refractivity contribution in [2.24, 2.45) is 4.99 Å². The normalized spacial score (nSPS) is 20.3. The molecular weight excluding hydrogens is 522 g/mol. The van der Waals surface area contributed by atoms with E-state index < -0.39 is 12.2 Å². The van der Waals surface area contributed by atoms with Gasteiger partial charge in [0, 0.05) is 59.4 Å². The predicted octanol–water partition coefficient (Wildman–Crippen LogP) is 2.78. The number of rotatable bonds is 5. The van der Waals surface area contributed by atoms with Gasteiger partial charge in [-0.25, -0.2) is 0 Å². The Morgan fingerprint density at radius 3 is 2.26 bits per heavy atom. The van der Waals surface area contributed by atoms with Gasteiger partial charge in [0.15, 0.2) is 5.96 Å². The molecule has 0 spiro atoms. The van der Waals surface area contributed by atoms with Gasteiger partial charge < -0.3 is 15.0 Å². The van der Waals surface area contributed by atoms with Gasteiger partial charge in [0.05, 0.1) is 13.2 Å². The number of hydrogen-bond acceptors (Lipinski definition) is 4. The van der Waals surface area contributed by atoms with Crippen molar-refractivity contribution >= 4 is 29.9 Å². The van der Waals surface area contributed by atoms with Crippen LogP contribution in [0.3, 0.4) is 0 Å². The molecule has 1 aromatic carbocycles. The number of piperazine rings is 1. The average Bonchev–Trinajstić information content (AvgIpc) is 2.75. The minimum Gasteiger partial charge on any atom is -0.379 e. The van der Waals surface area contributed by atoms with Gasteiger partial charge in [0.25, 0.3) is 0 Å². The zero-order valence-electron chi connectivity index (χ0n) is 18.2. The molecule has 0 aliphatic carbocycles. The van der Waals surface area contributed by atoms with Crippen LogP contribution < -0.4 is 5.32 Å². The number of hydrogen-bond donors (Lipinski definition) is 1. The molecule has 6 nitrogen and oxygen atoms in total. The minimum atomic E-state index is -4.19. The van der Waals surface area contributed by atoms with Crippen LogP contribution in [0.5, 0.6) is 0 Å². The summed E-state index contributed by atoms with van der Waals surface area (Å²) in [5, 5.41) is 3.40. The quantitative estimate of drug-likeness (QED) is 0.344. The van der Waals surface area contributed by atoms with Crippen LogP contribution in [0, 0.1) is 0 Å². The highest BCUT2D eigenvalue weighted by Gasteiger charge is 2.41. The maximum absolute atomic E-state index is 13.0. The molecule has 2 heterocycles. The predicted molar refractivity (Wildman–Crippen MR) is 127 cm³/mol. The largest absolute Gasteiger partial charge is 0.403 e. The van der Waals surface area contributed by atoms with E-state index in [0.29, 0.717) is 32.7 Å². The highest BCUT2D eigenvalue weighted by molar-refractivity contribution is 14.0. The van der Waals surface area contributed by atoms with Gasteiger partial charge in [0.2, 0.25) is 0 Å². The molecule has 2 aliphatic rings. The Bertz CT molecular complexity index is 705. The number of aliphatic imine (C=N–C) groups is 1. The first-order valence-corrected chi connectivity index (χ1v) is 10.5. The molecular formula is C21H33F3IN5O. The third-order valence-corrected chi connectivity index (χ3v) is 5.90. The van der Waals surface area contributed by atoms with Crippen LogP contribution in [-0.4, -0.2) is 92.4 Å². The Balaban J connectivity index is 0.00000341. The first-order valence-electron chi connectivity index (χ1n) is 10.5. The van der Waals surface area contributed by atoms with Crippen LogP contribution in [0.2, 0.25) is 0 Å². The second-order valence-electron chi connectivity index (χ2n) is 7.80. The molecule has 2 fully saturated rings. The second kappa shape index (κ2) is 12.2. The molecule has 1 atom stereocenters. The Morgan fingerprint density at radius 1 is 1.06 bits per heavy atom. The van der Waals surface area contributed by atoms with Crippen molar-refractivity contribution in [3.8, 4) is 0 Å². The lowest BCUT2D eigenvalue weighted by Crippen LogP contribution is -2.56. The van der Waals surface area contributed by atoms with E-state index in [0.717, 1.165) is 38.8 Å². The smallest absolute Gasteiger partial charge is 0.379 e. The molecule has 0 aromatic heterocycles. The van der Waals surface area contributed by atoms with Crippen molar-refractivity contribution in [3.63, 3.8) is 0 Å². The van der Waals surface area contributed by atoms with Crippen LogP contribution >= 0.6 is 24.0 Å². The topological polar surface area (TPSA) is 43.3 Å². The summed E-state index contributed by atoms with van der Waals surface area (Å²) >= 11 is 0. The Labute approximate surface area is 199 Å². The first-order chi connectivity index (χ1) is 14.4. The molecule has 31 heavy (non-hydrogen) atoms. The fraction of sp³-hybridized carbons (Fsp3) is 0.667. The summed E-state index contributed by atoms with van der Waals surface area (Å²) in [4.78, 5) is 10.3. The maximum Gasteiger partial charge on any atom is 0.403 e. The third-order valence-electron chi connectivity index (χ3n) is 5.90. The van der Waals surface area contributed by atoms with Crippen LogP contribution in [0.1, 0.15) is 18.1 Å². The van der Waals surface area contributed by atoms with Crippen LogP contribution in [0.4, 0.5) is 13.2 Å². The van der Waals surface area contributed by atoms with Gasteiger partial charge in [-0.2, -0.15) is 13.2 Å². The molecule has 2 saturated heterocycles. The van der Waals surface area contributed by atoms with Crippen molar-refractivity contribution in [2.45, 2.75) is 32.2 Å². The number of nitrogens with zero attached hydrogens (tertiary/aromatic N) is 4. The van der Waals surface area contributed by atoms with Crippen LogP contribution in [0.15, 0.2) is 29.3 Å². The number of halogens is 4. The third kappa shape index (κ3) is 7.47. The van der Waals surface area contributed by atoms with E-state index in [9.17, 15) is 13.2 Å². The fourth-order valence-electron chi connectivity index (χ4n) is 3.92. The van der Waals surface area contributed by atoms with E-state index in [1.54, 1.807) is 7.05 Å². The Kier molecular flexibility index (Phi) is 10.3. The summed E-state index contributed by atoms with van der Waals surface area (Å²) in [7, 11) is 1.71. The van der Waals surface area contributed by atoms with E-state index in [4.69, 9.17) is 4.74 Å². The monoisotopic (exact) mass is 555 g/mol. The Hall–Kier alpha value is -1.11. The number of ether oxygens (including phenoxy) is 1. The maximum atomic E-state index is 13.0. The molecule has 0 saturated carbocycles. The van der Waals surface area contributed by atoms with Crippen molar-refractivity contribution < 1.29 is 17.9 Å². The van der Waals surface area contributed by atoms with E-state index in [-0.39, 0.29) is 24.0 Å². The van der Waals surface area contributed by atoms with E-state index in [2.05, 4.69) is 33.4 Å². The SMILES string of the molecule is CN=C(NCc1ccccc1CN1CCOCC1)N1CCN(C(C)C(F)(F)F)CC1.I. The number of morpholine rings is 1. The number of alkyl halides is 3. The van der Waals surface area contributed by atoms with Gasteiger partial charge in [-0.1, -0.05) is 24.3 Å². The van der Waals surface area contributed by atoms with E-state index >= 15 is 0 Å². The van der Waals surface area contributed by atoms with Crippen LogP contribution in [0.25, 0.3) is 0 Å². The standard InChI is InChI=1S/C21H32F3N5O.HI/c1-17(21(22,23)24)28-7-9-29(10-8-28)20(25-2)26-15-18-5-3-4-6-19(18)16-27-11-13-30-14-12-27;/h3-6,17H,7-16H2,1-2H3,(H,25,26);1H. The zero-order valence-corrected chi connectivity index (χ0v) is 20.5. The lowest BCUT2D eigenvalue weighted by Gasteiger charge is -2.39. The lowest BCUT2D eigenvalue weighted by atomic mass is 10.1. The van der Waals surface area contributed by atoms with Crippen molar-refractivity contribution in [2.75, 3.05) is 59.5 Å². The summed E-state index contributed by atoms with van der Waals surface area (Å²) in [6.07, 6.45) is -4.19. The molecule has 0 radical (unpaired) electrons. The molecule has 3 rings (SSSR count). The molecule has 0 amide bonds. The Morgan fingerprint density at radius 2 is 1.68 bits per heavy atom. The van der Waals surface area contributed by atoms with E-state index in [1.807, 2.05) is 11.0 Å². The zero-order chi connectivity index (χ0) is 21.6. The first kappa shape index (κ1) is 26.1. The van der Waals surface area contributed by atoms with E-state index in [1.165, 1.54) is 23.0 Å². The van der Waals surface area contributed by atoms with Crippen molar-refractivity contribution in [1.82, 2.24) is 20.0 Å². The van der Waals surface area contributed by atoms with Crippen molar-refractivity contribution in [3.05, 3.63) is 35.4 Å². The minimum absolute atomic E-state index is 0. The molecule has 2 aliphatic heterocycles. The number of benzene rings is 1.